The molecule has 0 aliphatic heterocycles. The van der Waals surface area contributed by atoms with Crippen molar-refractivity contribution in [2.24, 2.45) is 5.73 Å². The Bertz CT molecular complexity index is 355. The van der Waals surface area contributed by atoms with Crippen LogP contribution < -0.4 is 10.5 Å². The van der Waals surface area contributed by atoms with Crippen molar-refractivity contribution in [1.82, 2.24) is 0 Å². The molecule has 0 heterocycles. The Kier molecular flexibility index (Phi) is 5.75. The van der Waals surface area contributed by atoms with E-state index in [-0.39, 0.29) is 12.1 Å². The van der Waals surface area contributed by atoms with E-state index in [2.05, 4.69) is 0 Å². The third-order valence-electron chi connectivity index (χ3n) is 2.37. The molecule has 0 radical (unpaired) electrons. The summed E-state index contributed by atoms with van der Waals surface area (Å²) in [5.41, 5.74) is 6.78. The van der Waals surface area contributed by atoms with Crippen LogP contribution in [-0.2, 0) is 4.74 Å². The molecule has 4 heteroatoms. The van der Waals surface area contributed by atoms with Gasteiger partial charge in [0, 0.05) is 12.6 Å². The Morgan fingerprint density at radius 2 is 2.06 bits per heavy atom. The van der Waals surface area contributed by atoms with E-state index in [1.807, 2.05) is 39.0 Å². The van der Waals surface area contributed by atoms with Crippen molar-refractivity contribution in [3.63, 3.8) is 0 Å². The molecule has 1 aromatic carbocycles. The fourth-order valence-electron chi connectivity index (χ4n) is 1.43. The first kappa shape index (κ1) is 14.3. The number of hydrogen-bond acceptors (Lipinski definition) is 3. The van der Waals surface area contributed by atoms with Crippen LogP contribution >= 0.6 is 11.6 Å². The molecule has 1 unspecified atom stereocenters. The van der Waals surface area contributed by atoms with Crippen LogP contribution in [0.25, 0.3) is 0 Å². The van der Waals surface area contributed by atoms with Crippen LogP contribution in [0.15, 0.2) is 18.2 Å². The van der Waals surface area contributed by atoms with Crippen molar-refractivity contribution in [1.29, 1.82) is 0 Å². The first-order chi connectivity index (χ1) is 8.04. The van der Waals surface area contributed by atoms with E-state index >= 15 is 0 Å². The molecule has 1 rings (SSSR count). The van der Waals surface area contributed by atoms with Crippen LogP contribution in [0.4, 0.5) is 0 Å². The zero-order chi connectivity index (χ0) is 12.8. The molecular weight excluding hydrogens is 238 g/mol. The molecule has 3 nitrogen and oxygen atoms in total. The summed E-state index contributed by atoms with van der Waals surface area (Å²) in [7, 11) is 0. The van der Waals surface area contributed by atoms with Crippen molar-refractivity contribution in [2.45, 2.75) is 32.9 Å². The molecular formula is C13H20ClNO2. The predicted octanol–water partition coefficient (Wildman–Crippen LogP) is 3.16. The molecule has 1 aromatic rings. The van der Waals surface area contributed by atoms with Crippen molar-refractivity contribution >= 4 is 11.6 Å². The number of ether oxygens (including phenoxy) is 2. The lowest BCUT2D eigenvalue weighted by molar-refractivity contribution is 0.0657. The minimum absolute atomic E-state index is 0.0198. The fraction of sp³-hybridized carbons (Fsp3) is 0.538. The maximum atomic E-state index is 6.13. The van der Waals surface area contributed by atoms with E-state index in [4.69, 9.17) is 26.8 Å². The van der Waals surface area contributed by atoms with E-state index in [9.17, 15) is 0 Å². The Morgan fingerprint density at radius 1 is 1.35 bits per heavy atom. The van der Waals surface area contributed by atoms with Gasteiger partial charge < -0.3 is 15.2 Å². The second-order valence-corrected chi connectivity index (χ2v) is 4.47. The summed E-state index contributed by atoms with van der Waals surface area (Å²) in [6.45, 7) is 7.07. The van der Waals surface area contributed by atoms with Gasteiger partial charge in [-0.1, -0.05) is 17.7 Å². The van der Waals surface area contributed by atoms with Gasteiger partial charge >= 0.3 is 0 Å². The summed E-state index contributed by atoms with van der Waals surface area (Å²) in [6, 6.07) is 5.60. The van der Waals surface area contributed by atoms with E-state index < -0.39 is 0 Å². The molecule has 2 N–H and O–H groups in total. The van der Waals surface area contributed by atoms with Gasteiger partial charge in [-0.3, -0.25) is 0 Å². The predicted molar refractivity (Wildman–Crippen MR) is 70.6 cm³/mol. The van der Waals surface area contributed by atoms with E-state index in [0.717, 1.165) is 5.56 Å². The van der Waals surface area contributed by atoms with Crippen molar-refractivity contribution in [3.8, 4) is 5.75 Å². The molecule has 0 fully saturated rings. The number of halogens is 1. The van der Waals surface area contributed by atoms with Gasteiger partial charge in [0.15, 0.2) is 0 Å². The van der Waals surface area contributed by atoms with Gasteiger partial charge in [-0.15, -0.1) is 0 Å². The topological polar surface area (TPSA) is 44.5 Å². The Hall–Kier alpha value is -0.770. The van der Waals surface area contributed by atoms with Gasteiger partial charge in [-0.2, -0.15) is 0 Å². The smallest absolute Gasteiger partial charge is 0.138 e. The lowest BCUT2D eigenvalue weighted by Gasteiger charge is -2.16. The zero-order valence-electron chi connectivity index (χ0n) is 10.6. The molecule has 0 aromatic heterocycles. The number of benzene rings is 1. The van der Waals surface area contributed by atoms with Crippen LogP contribution in [0.2, 0.25) is 5.02 Å². The van der Waals surface area contributed by atoms with Gasteiger partial charge in [-0.25, -0.2) is 0 Å². The summed E-state index contributed by atoms with van der Waals surface area (Å²) in [4.78, 5) is 0. The average molecular weight is 258 g/mol. The van der Waals surface area contributed by atoms with Crippen molar-refractivity contribution < 1.29 is 9.47 Å². The van der Waals surface area contributed by atoms with E-state index in [0.29, 0.717) is 24.0 Å². The molecule has 0 saturated carbocycles. The molecule has 96 valence electrons. The summed E-state index contributed by atoms with van der Waals surface area (Å²) in [5.74, 6) is 0.670. The Balaban J connectivity index is 2.65. The second kappa shape index (κ2) is 6.84. The molecule has 0 spiro atoms. The maximum absolute atomic E-state index is 6.13. The Morgan fingerprint density at radius 3 is 2.59 bits per heavy atom. The van der Waals surface area contributed by atoms with Gasteiger partial charge in [0.25, 0.3) is 0 Å². The van der Waals surface area contributed by atoms with Crippen molar-refractivity contribution in [3.05, 3.63) is 28.8 Å². The summed E-state index contributed by atoms with van der Waals surface area (Å²) >= 11 is 6.13. The van der Waals surface area contributed by atoms with Crippen LogP contribution in [-0.4, -0.2) is 19.3 Å². The lowest BCUT2D eigenvalue weighted by atomic mass is 10.1. The number of nitrogens with two attached hydrogens (primary N) is 1. The van der Waals surface area contributed by atoms with E-state index in [1.54, 1.807) is 0 Å². The average Bonchev–Trinajstić information content (AvgIpc) is 2.28. The molecule has 0 amide bonds. The van der Waals surface area contributed by atoms with Gasteiger partial charge in [0.2, 0.25) is 0 Å². The van der Waals surface area contributed by atoms with Crippen LogP contribution in [0, 0.1) is 0 Å². The maximum Gasteiger partial charge on any atom is 0.138 e. The highest BCUT2D eigenvalue weighted by molar-refractivity contribution is 6.32. The zero-order valence-corrected chi connectivity index (χ0v) is 11.3. The van der Waals surface area contributed by atoms with Crippen LogP contribution in [0.1, 0.15) is 32.4 Å². The molecule has 17 heavy (non-hydrogen) atoms. The first-order valence-electron chi connectivity index (χ1n) is 5.84. The normalized spacial score (nSPS) is 14.4. The van der Waals surface area contributed by atoms with Crippen molar-refractivity contribution in [2.75, 3.05) is 13.2 Å². The highest BCUT2D eigenvalue weighted by atomic mass is 35.5. The fourth-order valence-corrected chi connectivity index (χ4v) is 1.66. The van der Waals surface area contributed by atoms with Gasteiger partial charge in [-0.05, 0) is 38.5 Å². The number of rotatable bonds is 6. The number of hydrogen-bond donors (Lipinski definition) is 1. The molecule has 2 atom stereocenters. The highest BCUT2D eigenvalue weighted by Crippen LogP contribution is 2.28. The summed E-state index contributed by atoms with van der Waals surface area (Å²) in [6.07, 6.45) is -0.0198. The Labute approximate surface area is 108 Å². The second-order valence-electron chi connectivity index (χ2n) is 4.07. The third kappa shape index (κ3) is 4.54. The third-order valence-corrected chi connectivity index (χ3v) is 2.66. The minimum atomic E-state index is -0.0256. The molecule has 0 aliphatic carbocycles. The van der Waals surface area contributed by atoms with E-state index in [1.165, 1.54) is 0 Å². The van der Waals surface area contributed by atoms with Gasteiger partial charge in [0.05, 0.1) is 11.6 Å². The molecule has 0 saturated heterocycles. The van der Waals surface area contributed by atoms with Crippen LogP contribution in [0.3, 0.4) is 0 Å². The SMILES string of the molecule is CCOCC(C)Oc1ccc([C@@H](C)N)cc1Cl. The standard InChI is InChI=1S/C13H20ClNO2/c1-4-16-8-9(2)17-13-6-5-11(10(3)15)7-12(13)14/h5-7,9-10H,4,8,15H2,1-3H3/t9?,10-/m1/s1. The van der Waals surface area contributed by atoms with Crippen LogP contribution in [0.5, 0.6) is 5.75 Å². The molecule has 0 bridgehead atoms. The monoisotopic (exact) mass is 257 g/mol. The summed E-state index contributed by atoms with van der Waals surface area (Å²) < 4.78 is 11.0. The van der Waals surface area contributed by atoms with Gasteiger partial charge in [0.1, 0.15) is 11.9 Å². The molecule has 0 aliphatic rings. The minimum Gasteiger partial charge on any atom is -0.487 e. The quantitative estimate of drug-likeness (QED) is 0.851. The largest absolute Gasteiger partial charge is 0.487 e. The lowest BCUT2D eigenvalue weighted by Crippen LogP contribution is -2.19. The summed E-state index contributed by atoms with van der Waals surface area (Å²) in [5, 5.41) is 0.586. The highest BCUT2D eigenvalue weighted by Gasteiger charge is 2.09. The first-order valence-corrected chi connectivity index (χ1v) is 6.21.